The summed E-state index contributed by atoms with van der Waals surface area (Å²) in [4.78, 5) is 0. The molecule has 0 amide bonds. The number of fused-ring (bicyclic) bond motifs is 1. The number of aliphatic hydroxyl groups is 1. The van der Waals surface area contributed by atoms with Crippen LogP contribution in [0.15, 0.2) is 0 Å². The first-order valence-electron chi connectivity index (χ1n) is 7.47. The quantitative estimate of drug-likeness (QED) is 0.785. The van der Waals surface area contributed by atoms with Gasteiger partial charge in [0.1, 0.15) is 11.6 Å². The summed E-state index contributed by atoms with van der Waals surface area (Å²) in [5.41, 5.74) is 0.00471. The highest BCUT2D eigenvalue weighted by molar-refractivity contribution is 4.98. The summed E-state index contributed by atoms with van der Waals surface area (Å²) in [6, 6.07) is 0. The first-order chi connectivity index (χ1) is 9.24. The fraction of sp³-hybridized carbons (Fsp3) is 0.857. The van der Waals surface area contributed by atoms with Crippen LogP contribution in [0.25, 0.3) is 0 Å². The lowest BCUT2D eigenvalue weighted by atomic mass is 9.83. The Labute approximate surface area is 115 Å². The van der Waals surface area contributed by atoms with Gasteiger partial charge in [0.2, 0.25) is 0 Å². The van der Waals surface area contributed by atoms with Crippen molar-refractivity contribution in [1.29, 1.82) is 0 Å². The van der Waals surface area contributed by atoms with Gasteiger partial charge in [-0.2, -0.15) is 0 Å². The molecule has 0 saturated carbocycles. The zero-order valence-corrected chi connectivity index (χ0v) is 12.2. The Morgan fingerprint density at radius 3 is 2.74 bits per heavy atom. The maximum absolute atomic E-state index is 9.55. The van der Waals surface area contributed by atoms with Crippen molar-refractivity contribution in [3.05, 3.63) is 11.6 Å². The lowest BCUT2D eigenvalue weighted by molar-refractivity contribution is 0.112. The highest BCUT2D eigenvalue weighted by Gasteiger charge is 2.25. The van der Waals surface area contributed by atoms with Crippen LogP contribution in [0.3, 0.4) is 0 Å². The van der Waals surface area contributed by atoms with Gasteiger partial charge in [-0.1, -0.05) is 13.8 Å². The Morgan fingerprint density at radius 1 is 1.26 bits per heavy atom. The largest absolute Gasteiger partial charge is 0.396 e. The van der Waals surface area contributed by atoms with Crippen molar-refractivity contribution >= 4 is 0 Å². The average molecular weight is 266 g/mol. The van der Waals surface area contributed by atoms with Gasteiger partial charge in [-0.25, -0.2) is 0 Å². The second-order valence-electron chi connectivity index (χ2n) is 5.61. The second-order valence-corrected chi connectivity index (χ2v) is 5.61. The SMILES string of the molecule is CCC(CC)(CO)CNCc1nnc2n1CCCC2. The topological polar surface area (TPSA) is 63.0 Å². The van der Waals surface area contributed by atoms with Gasteiger partial charge in [-0.05, 0) is 25.7 Å². The van der Waals surface area contributed by atoms with Gasteiger partial charge >= 0.3 is 0 Å². The van der Waals surface area contributed by atoms with Gasteiger partial charge in [-0.3, -0.25) is 0 Å². The molecule has 0 aromatic carbocycles. The van der Waals surface area contributed by atoms with Gasteiger partial charge in [0.05, 0.1) is 6.54 Å². The van der Waals surface area contributed by atoms with Gasteiger partial charge in [0, 0.05) is 31.5 Å². The Hall–Kier alpha value is -0.940. The molecule has 2 N–H and O–H groups in total. The van der Waals surface area contributed by atoms with Crippen LogP contribution in [-0.4, -0.2) is 33.0 Å². The Morgan fingerprint density at radius 2 is 2.05 bits per heavy atom. The Bertz CT molecular complexity index is 390. The molecule has 0 saturated heterocycles. The first kappa shape index (κ1) is 14.5. The standard InChI is InChI=1S/C14H26N4O/c1-3-14(4-2,11-19)10-15-9-13-17-16-12-7-5-6-8-18(12)13/h15,19H,3-11H2,1-2H3. The lowest BCUT2D eigenvalue weighted by Gasteiger charge is -2.29. The molecule has 0 radical (unpaired) electrons. The molecule has 19 heavy (non-hydrogen) atoms. The number of aryl methyl sites for hydroxylation is 1. The van der Waals surface area contributed by atoms with Crippen LogP contribution < -0.4 is 5.32 Å². The number of nitrogens with one attached hydrogen (secondary N) is 1. The van der Waals surface area contributed by atoms with E-state index < -0.39 is 0 Å². The highest BCUT2D eigenvalue weighted by atomic mass is 16.3. The van der Waals surface area contributed by atoms with E-state index in [1.54, 1.807) is 0 Å². The van der Waals surface area contributed by atoms with Gasteiger partial charge in [0.15, 0.2) is 0 Å². The van der Waals surface area contributed by atoms with Gasteiger partial charge in [0.25, 0.3) is 0 Å². The van der Waals surface area contributed by atoms with E-state index in [9.17, 15) is 5.11 Å². The van der Waals surface area contributed by atoms with Crippen molar-refractivity contribution < 1.29 is 5.11 Å². The molecule has 0 bridgehead atoms. The lowest BCUT2D eigenvalue weighted by Crippen LogP contribution is -2.36. The van der Waals surface area contributed by atoms with Gasteiger partial charge in [-0.15, -0.1) is 10.2 Å². The summed E-state index contributed by atoms with van der Waals surface area (Å²) in [7, 11) is 0. The van der Waals surface area contributed by atoms with Crippen LogP contribution in [-0.2, 0) is 19.5 Å². The summed E-state index contributed by atoms with van der Waals surface area (Å²) in [5, 5.41) is 21.5. The molecule has 1 aliphatic rings. The fourth-order valence-electron chi connectivity index (χ4n) is 2.72. The van der Waals surface area contributed by atoms with Crippen molar-refractivity contribution in [2.75, 3.05) is 13.2 Å². The fourth-order valence-corrected chi connectivity index (χ4v) is 2.72. The van der Waals surface area contributed by atoms with Crippen molar-refractivity contribution in [3.8, 4) is 0 Å². The molecule has 5 heteroatoms. The number of rotatable bonds is 7. The van der Waals surface area contributed by atoms with E-state index >= 15 is 0 Å². The van der Waals surface area contributed by atoms with E-state index in [4.69, 9.17) is 0 Å². The van der Waals surface area contributed by atoms with Crippen molar-refractivity contribution in [3.63, 3.8) is 0 Å². The van der Waals surface area contributed by atoms with Gasteiger partial charge < -0.3 is 15.0 Å². The summed E-state index contributed by atoms with van der Waals surface area (Å²) in [5.74, 6) is 2.16. The molecule has 1 aliphatic heterocycles. The van der Waals surface area contributed by atoms with Crippen LogP contribution >= 0.6 is 0 Å². The summed E-state index contributed by atoms with van der Waals surface area (Å²) in [6.07, 6.45) is 5.49. The van der Waals surface area contributed by atoms with Crippen LogP contribution in [0.4, 0.5) is 0 Å². The van der Waals surface area contributed by atoms with E-state index in [0.29, 0.717) is 0 Å². The third kappa shape index (κ3) is 3.15. The van der Waals surface area contributed by atoms with E-state index in [0.717, 1.165) is 50.5 Å². The third-order valence-electron chi connectivity index (χ3n) is 4.55. The zero-order valence-electron chi connectivity index (χ0n) is 12.2. The number of hydrogen-bond acceptors (Lipinski definition) is 4. The summed E-state index contributed by atoms with van der Waals surface area (Å²) in [6.45, 7) is 7.14. The van der Waals surface area contributed by atoms with Crippen LogP contribution in [0.1, 0.15) is 51.2 Å². The summed E-state index contributed by atoms with van der Waals surface area (Å²) >= 11 is 0. The number of hydrogen-bond donors (Lipinski definition) is 2. The molecule has 0 aliphatic carbocycles. The Kier molecular flexibility index (Phi) is 4.93. The molecular formula is C14H26N4O. The van der Waals surface area contributed by atoms with Crippen molar-refractivity contribution in [2.24, 2.45) is 5.41 Å². The van der Waals surface area contributed by atoms with E-state index in [1.165, 1.54) is 12.8 Å². The van der Waals surface area contributed by atoms with E-state index in [1.807, 2.05) is 0 Å². The molecule has 0 unspecified atom stereocenters. The maximum atomic E-state index is 9.55. The molecule has 0 fully saturated rings. The molecule has 108 valence electrons. The number of nitrogens with zero attached hydrogens (tertiary/aromatic N) is 3. The maximum Gasteiger partial charge on any atom is 0.147 e. The molecule has 0 atom stereocenters. The van der Waals surface area contributed by atoms with Crippen LogP contribution in [0, 0.1) is 5.41 Å². The molecular weight excluding hydrogens is 240 g/mol. The monoisotopic (exact) mass is 266 g/mol. The number of aromatic nitrogens is 3. The third-order valence-corrected chi connectivity index (χ3v) is 4.55. The van der Waals surface area contributed by atoms with Crippen LogP contribution in [0.2, 0.25) is 0 Å². The Balaban J connectivity index is 1.90. The number of aliphatic hydroxyl groups excluding tert-OH is 1. The smallest absolute Gasteiger partial charge is 0.147 e. The van der Waals surface area contributed by atoms with E-state index in [2.05, 4.69) is 33.9 Å². The minimum absolute atomic E-state index is 0.00471. The zero-order chi connectivity index (χ0) is 13.7. The minimum Gasteiger partial charge on any atom is -0.396 e. The molecule has 1 aromatic rings. The highest BCUT2D eigenvalue weighted by Crippen LogP contribution is 2.24. The first-order valence-corrected chi connectivity index (χ1v) is 7.47. The molecule has 1 aromatic heterocycles. The summed E-state index contributed by atoms with van der Waals surface area (Å²) < 4.78 is 2.25. The second kappa shape index (κ2) is 6.48. The molecule has 2 rings (SSSR count). The van der Waals surface area contributed by atoms with E-state index in [-0.39, 0.29) is 12.0 Å². The molecule has 0 spiro atoms. The van der Waals surface area contributed by atoms with Crippen molar-refractivity contribution in [2.45, 2.75) is 59.0 Å². The normalized spacial score (nSPS) is 15.5. The molecule has 5 nitrogen and oxygen atoms in total. The predicted octanol–water partition coefficient (Wildman–Crippen LogP) is 1.50. The predicted molar refractivity (Wildman–Crippen MR) is 74.8 cm³/mol. The molecule has 2 heterocycles. The minimum atomic E-state index is 0.00471. The average Bonchev–Trinajstić information content (AvgIpc) is 2.88. The van der Waals surface area contributed by atoms with Crippen molar-refractivity contribution in [1.82, 2.24) is 20.1 Å². The van der Waals surface area contributed by atoms with Crippen LogP contribution in [0.5, 0.6) is 0 Å².